The second-order valence-corrected chi connectivity index (χ2v) is 6.63. The zero-order valence-electron chi connectivity index (χ0n) is 14.9. The average molecular weight is 351 g/mol. The molecule has 134 valence electrons. The highest BCUT2D eigenvalue weighted by atomic mass is 16.3. The van der Waals surface area contributed by atoms with E-state index in [9.17, 15) is 4.79 Å². The van der Waals surface area contributed by atoms with E-state index in [4.69, 9.17) is 4.42 Å². The van der Waals surface area contributed by atoms with Gasteiger partial charge in [0.15, 0.2) is 6.39 Å². The molecule has 0 saturated carbocycles. The first-order valence-corrected chi connectivity index (χ1v) is 8.77. The summed E-state index contributed by atoms with van der Waals surface area (Å²) in [4.78, 5) is 27.7. The van der Waals surface area contributed by atoms with Crippen molar-refractivity contribution in [2.45, 2.75) is 39.3 Å². The summed E-state index contributed by atoms with van der Waals surface area (Å²) in [6.45, 7) is 5.21. The van der Waals surface area contributed by atoms with Crippen LogP contribution in [0.2, 0.25) is 0 Å². The van der Waals surface area contributed by atoms with Gasteiger partial charge < -0.3 is 13.9 Å². The quantitative estimate of drug-likeness (QED) is 0.722. The van der Waals surface area contributed by atoms with Crippen molar-refractivity contribution in [3.05, 3.63) is 65.7 Å². The van der Waals surface area contributed by atoms with Crippen molar-refractivity contribution in [2.75, 3.05) is 6.54 Å². The molecule has 0 aromatic carbocycles. The van der Waals surface area contributed by atoms with Gasteiger partial charge in [-0.15, -0.1) is 0 Å². The van der Waals surface area contributed by atoms with Crippen LogP contribution in [-0.4, -0.2) is 36.9 Å². The maximum Gasteiger partial charge on any atom is 0.292 e. The van der Waals surface area contributed by atoms with E-state index in [-0.39, 0.29) is 11.9 Å². The van der Waals surface area contributed by atoms with Crippen LogP contribution in [0.3, 0.4) is 0 Å². The van der Waals surface area contributed by atoms with Crippen LogP contribution in [0.1, 0.15) is 52.2 Å². The molecular weight excluding hydrogens is 330 g/mol. The summed E-state index contributed by atoms with van der Waals surface area (Å²) in [5.41, 5.74) is 2.80. The molecule has 26 heavy (non-hydrogen) atoms. The molecule has 3 aromatic heterocycles. The Morgan fingerprint density at radius 3 is 2.92 bits per heavy atom. The second kappa shape index (κ2) is 6.74. The third-order valence-corrected chi connectivity index (χ3v) is 4.90. The number of carbonyl (C=O) groups excluding carboxylic acids is 1. The fourth-order valence-corrected chi connectivity index (χ4v) is 3.54. The molecule has 1 aliphatic rings. The van der Waals surface area contributed by atoms with Gasteiger partial charge in [0.1, 0.15) is 5.82 Å². The molecule has 0 radical (unpaired) electrons. The predicted molar refractivity (Wildman–Crippen MR) is 94.6 cm³/mol. The highest BCUT2D eigenvalue weighted by molar-refractivity contribution is 5.92. The number of hydrogen-bond donors (Lipinski definition) is 0. The Kier molecular flexibility index (Phi) is 4.28. The number of aromatic nitrogens is 4. The number of amides is 1. The number of rotatable bonds is 4. The van der Waals surface area contributed by atoms with Crippen LogP contribution >= 0.6 is 0 Å². The van der Waals surface area contributed by atoms with Gasteiger partial charge in [0.2, 0.25) is 5.76 Å². The molecule has 3 aromatic rings. The molecular formula is C19H21N5O2. The lowest BCUT2D eigenvalue weighted by molar-refractivity contribution is 0.0694. The maximum absolute atomic E-state index is 12.9. The molecule has 0 aliphatic carbocycles. The Morgan fingerprint density at radius 1 is 1.31 bits per heavy atom. The molecule has 0 N–H and O–H groups in total. The zero-order chi connectivity index (χ0) is 18.1. The molecule has 1 saturated heterocycles. The number of hydrogen-bond acceptors (Lipinski definition) is 5. The molecule has 4 heterocycles. The zero-order valence-corrected chi connectivity index (χ0v) is 14.9. The van der Waals surface area contributed by atoms with E-state index < -0.39 is 0 Å². The third kappa shape index (κ3) is 2.89. The number of imidazole rings is 1. The molecule has 1 amide bonds. The maximum atomic E-state index is 12.9. The Balaban J connectivity index is 1.65. The van der Waals surface area contributed by atoms with Crippen molar-refractivity contribution < 1.29 is 9.21 Å². The first kappa shape index (κ1) is 16.5. The fraction of sp³-hybridized carbons (Fsp3) is 0.368. The summed E-state index contributed by atoms with van der Waals surface area (Å²) in [6.07, 6.45) is 8.65. The van der Waals surface area contributed by atoms with Gasteiger partial charge in [0.25, 0.3) is 5.91 Å². The molecule has 0 spiro atoms. The van der Waals surface area contributed by atoms with E-state index in [1.54, 1.807) is 13.1 Å². The van der Waals surface area contributed by atoms with Crippen LogP contribution in [0, 0.1) is 13.8 Å². The van der Waals surface area contributed by atoms with Crippen molar-refractivity contribution in [1.82, 2.24) is 24.4 Å². The number of pyridine rings is 1. The minimum atomic E-state index is -0.115. The molecule has 1 fully saturated rings. The van der Waals surface area contributed by atoms with Gasteiger partial charge in [0.05, 0.1) is 18.3 Å². The van der Waals surface area contributed by atoms with Crippen LogP contribution in [0.15, 0.2) is 41.5 Å². The van der Waals surface area contributed by atoms with Crippen LogP contribution in [0.4, 0.5) is 0 Å². The van der Waals surface area contributed by atoms with E-state index in [0.717, 1.165) is 29.9 Å². The van der Waals surface area contributed by atoms with Crippen LogP contribution in [-0.2, 0) is 6.54 Å². The van der Waals surface area contributed by atoms with E-state index in [2.05, 4.69) is 19.5 Å². The van der Waals surface area contributed by atoms with Gasteiger partial charge in [0, 0.05) is 30.8 Å². The van der Waals surface area contributed by atoms with Crippen LogP contribution in [0.5, 0.6) is 0 Å². The van der Waals surface area contributed by atoms with Gasteiger partial charge >= 0.3 is 0 Å². The molecule has 7 nitrogen and oxygen atoms in total. The topological polar surface area (TPSA) is 77.0 Å². The monoisotopic (exact) mass is 351 g/mol. The lowest BCUT2D eigenvalue weighted by Gasteiger charge is -2.24. The Labute approximate surface area is 151 Å². The van der Waals surface area contributed by atoms with Gasteiger partial charge in [-0.2, -0.15) is 0 Å². The predicted octanol–water partition coefficient (Wildman–Crippen LogP) is 2.91. The van der Waals surface area contributed by atoms with Crippen molar-refractivity contribution in [3.8, 4) is 0 Å². The summed E-state index contributed by atoms with van der Waals surface area (Å²) >= 11 is 0. The largest absolute Gasteiger partial charge is 0.438 e. The molecule has 4 rings (SSSR count). The Hall–Kier alpha value is -2.96. The van der Waals surface area contributed by atoms with Crippen LogP contribution in [0.25, 0.3) is 0 Å². The Bertz CT molecular complexity index is 915. The first-order valence-electron chi connectivity index (χ1n) is 8.77. The molecule has 7 heteroatoms. The number of oxazole rings is 1. The highest BCUT2D eigenvalue weighted by Gasteiger charge is 2.35. The van der Waals surface area contributed by atoms with E-state index in [1.807, 2.05) is 36.4 Å². The summed E-state index contributed by atoms with van der Waals surface area (Å²) < 4.78 is 7.48. The molecule has 1 unspecified atom stereocenters. The van der Waals surface area contributed by atoms with Crippen molar-refractivity contribution in [3.63, 3.8) is 0 Å². The number of aryl methyl sites for hydroxylation is 2. The van der Waals surface area contributed by atoms with Gasteiger partial charge in [-0.05, 0) is 38.3 Å². The normalized spacial score (nSPS) is 17.0. The van der Waals surface area contributed by atoms with Gasteiger partial charge in [-0.3, -0.25) is 9.78 Å². The summed E-state index contributed by atoms with van der Waals surface area (Å²) in [6, 6.07) is 3.92. The molecule has 0 bridgehead atoms. The number of likely N-dealkylation sites (tertiary alicyclic amines) is 1. The lowest BCUT2D eigenvalue weighted by atomic mass is 10.2. The molecule has 1 atom stereocenters. The standard InChI is InChI=1S/C19H21N5O2/c1-13-9-21-18(24(13)11-15-5-3-7-20-10-15)16-6-4-8-23(16)19(25)17-14(2)22-12-26-17/h3,5,7,9-10,12,16H,4,6,8,11H2,1-2H3. The van der Waals surface area contributed by atoms with Crippen LogP contribution < -0.4 is 0 Å². The van der Waals surface area contributed by atoms with Crippen molar-refractivity contribution >= 4 is 5.91 Å². The number of carbonyl (C=O) groups is 1. The number of nitrogens with zero attached hydrogens (tertiary/aromatic N) is 5. The van der Waals surface area contributed by atoms with Gasteiger partial charge in [-0.25, -0.2) is 9.97 Å². The lowest BCUT2D eigenvalue weighted by Crippen LogP contribution is -2.32. The second-order valence-electron chi connectivity index (χ2n) is 6.63. The SMILES string of the molecule is Cc1ncoc1C(=O)N1CCCC1c1ncc(C)n1Cc1cccnc1. The minimum Gasteiger partial charge on any atom is -0.438 e. The highest BCUT2D eigenvalue weighted by Crippen LogP contribution is 2.33. The summed E-state index contributed by atoms with van der Waals surface area (Å²) in [5, 5.41) is 0. The molecule has 1 aliphatic heterocycles. The minimum absolute atomic E-state index is 0.0580. The van der Waals surface area contributed by atoms with Gasteiger partial charge in [-0.1, -0.05) is 6.07 Å². The Morgan fingerprint density at radius 2 is 2.19 bits per heavy atom. The summed E-state index contributed by atoms with van der Waals surface area (Å²) in [5.74, 6) is 1.12. The summed E-state index contributed by atoms with van der Waals surface area (Å²) in [7, 11) is 0. The van der Waals surface area contributed by atoms with E-state index in [1.165, 1.54) is 6.39 Å². The smallest absolute Gasteiger partial charge is 0.292 e. The van der Waals surface area contributed by atoms with E-state index >= 15 is 0 Å². The van der Waals surface area contributed by atoms with E-state index in [0.29, 0.717) is 24.5 Å². The first-order chi connectivity index (χ1) is 12.6. The van der Waals surface area contributed by atoms with Crippen molar-refractivity contribution in [1.29, 1.82) is 0 Å². The third-order valence-electron chi connectivity index (χ3n) is 4.90. The fourth-order valence-electron chi connectivity index (χ4n) is 3.54. The van der Waals surface area contributed by atoms with Crippen molar-refractivity contribution in [2.24, 2.45) is 0 Å². The average Bonchev–Trinajstić information content (AvgIpc) is 3.37.